The van der Waals surface area contributed by atoms with E-state index >= 15 is 0 Å². The molecule has 2 fully saturated rings. The highest BCUT2D eigenvalue weighted by Gasteiger charge is 2.37. The number of nitrogens with zero attached hydrogens (tertiary/aromatic N) is 3. The standard InChI is InChI=1S/C16H26N4O/c1-4-7-20(14-8-12-5-6-13(9-14)17-12)16(21)15-10-19(3)18-11(15)2/h10,12-14,17H,4-9H2,1-3H3. The average Bonchev–Trinajstić information content (AvgIpc) is 2.97. The largest absolute Gasteiger partial charge is 0.335 e. The highest BCUT2D eigenvalue weighted by atomic mass is 16.2. The van der Waals surface area contributed by atoms with Crippen molar-refractivity contribution in [1.82, 2.24) is 20.0 Å². The number of aryl methyl sites for hydroxylation is 2. The number of fused-ring (bicyclic) bond motifs is 2. The molecule has 2 saturated heterocycles. The van der Waals surface area contributed by atoms with Crippen LogP contribution in [0.4, 0.5) is 0 Å². The van der Waals surface area contributed by atoms with Gasteiger partial charge in [0.05, 0.1) is 11.3 Å². The molecule has 2 atom stereocenters. The maximum Gasteiger partial charge on any atom is 0.257 e. The SMILES string of the molecule is CCCN(C(=O)c1cn(C)nc1C)C1CC2CCC(C1)N2. The van der Waals surface area contributed by atoms with E-state index in [1.165, 1.54) is 12.8 Å². The number of amides is 1. The van der Waals surface area contributed by atoms with Crippen molar-refractivity contribution in [2.75, 3.05) is 6.54 Å². The molecule has 0 spiro atoms. The van der Waals surface area contributed by atoms with E-state index < -0.39 is 0 Å². The first kappa shape index (κ1) is 14.6. The first-order valence-corrected chi connectivity index (χ1v) is 8.15. The number of carbonyl (C=O) groups excluding carboxylic acids is 1. The fourth-order valence-electron chi connectivity index (χ4n) is 3.94. The normalized spacial score (nSPS) is 27.9. The molecular weight excluding hydrogens is 264 g/mol. The van der Waals surface area contributed by atoms with Gasteiger partial charge in [-0.1, -0.05) is 6.92 Å². The lowest BCUT2D eigenvalue weighted by atomic mass is 9.97. The Morgan fingerprint density at radius 2 is 2.10 bits per heavy atom. The summed E-state index contributed by atoms with van der Waals surface area (Å²) in [5.74, 6) is 0.161. The van der Waals surface area contributed by atoms with Crippen molar-refractivity contribution in [2.24, 2.45) is 7.05 Å². The second-order valence-electron chi connectivity index (χ2n) is 6.56. The molecule has 1 aromatic heterocycles. The van der Waals surface area contributed by atoms with Crippen LogP contribution in [0.5, 0.6) is 0 Å². The molecule has 3 rings (SSSR count). The molecule has 3 heterocycles. The van der Waals surface area contributed by atoms with Crippen LogP contribution in [0.15, 0.2) is 6.20 Å². The van der Waals surface area contributed by atoms with Crippen LogP contribution in [0.3, 0.4) is 0 Å². The smallest absolute Gasteiger partial charge is 0.257 e. The van der Waals surface area contributed by atoms with E-state index in [0.717, 1.165) is 37.1 Å². The summed E-state index contributed by atoms with van der Waals surface area (Å²) in [5, 5.41) is 7.98. The zero-order valence-electron chi connectivity index (χ0n) is 13.3. The van der Waals surface area contributed by atoms with Gasteiger partial charge in [-0.15, -0.1) is 0 Å². The van der Waals surface area contributed by atoms with E-state index in [9.17, 15) is 4.79 Å². The molecule has 1 aromatic rings. The van der Waals surface area contributed by atoms with E-state index in [0.29, 0.717) is 18.1 Å². The van der Waals surface area contributed by atoms with Gasteiger partial charge in [0.1, 0.15) is 0 Å². The van der Waals surface area contributed by atoms with Crippen LogP contribution in [0.2, 0.25) is 0 Å². The first-order chi connectivity index (χ1) is 10.1. The number of rotatable bonds is 4. The van der Waals surface area contributed by atoms with Crippen molar-refractivity contribution >= 4 is 5.91 Å². The Morgan fingerprint density at radius 3 is 2.62 bits per heavy atom. The van der Waals surface area contributed by atoms with Crippen molar-refractivity contribution in [2.45, 2.75) is 64.1 Å². The van der Waals surface area contributed by atoms with E-state index in [4.69, 9.17) is 0 Å². The van der Waals surface area contributed by atoms with Gasteiger partial charge in [0.15, 0.2) is 0 Å². The van der Waals surface area contributed by atoms with Crippen LogP contribution in [0, 0.1) is 6.92 Å². The third kappa shape index (κ3) is 2.84. The van der Waals surface area contributed by atoms with Crippen molar-refractivity contribution in [3.8, 4) is 0 Å². The van der Waals surface area contributed by atoms with E-state index in [1.54, 1.807) is 4.68 Å². The van der Waals surface area contributed by atoms with E-state index in [1.807, 2.05) is 20.2 Å². The highest BCUT2D eigenvalue weighted by molar-refractivity contribution is 5.95. The maximum atomic E-state index is 13.0. The summed E-state index contributed by atoms with van der Waals surface area (Å²) >= 11 is 0. The average molecular weight is 290 g/mol. The molecule has 116 valence electrons. The summed E-state index contributed by atoms with van der Waals surface area (Å²) in [6.07, 6.45) is 7.59. The minimum atomic E-state index is 0.161. The van der Waals surface area contributed by atoms with Crippen LogP contribution in [-0.2, 0) is 7.05 Å². The van der Waals surface area contributed by atoms with Gasteiger partial charge in [0, 0.05) is 37.9 Å². The second kappa shape index (κ2) is 5.79. The highest BCUT2D eigenvalue weighted by Crippen LogP contribution is 2.30. The third-order valence-electron chi connectivity index (χ3n) is 4.86. The van der Waals surface area contributed by atoms with Gasteiger partial charge in [-0.05, 0) is 39.0 Å². The van der Waals surface area contributed by atoms with E-state index in [-0.39, 0.29) is 5.91 Å². The molecule has 0 aromatic carbocycles. The molecule has 2 aliphatic heterocycles. The number of nitrogens with one attached hydrogen (secondary N) is 1. The Kier molecular flexibility index (Phi) is 4.02. The van der Waals surface area contributed by atoms with E-state index in [2.05, 4.69) is 22.2 Å². The van der Waals surface area contributed by atoms with Crippen LogP contribution in [0.25, 0.3) is 0 Å². The number of aromatic nitrogens is 2. The van der Waals surface area contributed by atoms with Crippen LogP contribution < -0.4 is 5.32 Å². The number of hydrogen-bond donors (Lipinski definition) is 1. The van der Waals surface area contributed by atoms with Gasteiger partial charge in [-0.3, -0.25) is 9.48 Å². The second-order valence-corrected chi connectivity index (χ2v) is 6.56. The molecule has 5 nitrogen and oxygen atoms in total. The maximum absolute atomic E-state index is 13.0. The summed E-state index contributed by atoms with van der Waals surface area (Å²) < 4.78 is 1.73. The summed E-state index contributed by atoms with van der Waals surface area (Å²) in [7, 11) is 1.87. The van der Waals surface area contributed by atoms with Gasteiger partial charge >= 0.3 is 0 Å². The quantitative estimate of drug-likeness (QED) is 0.921. The molecule has 0 aliphatic carbocycles. The molecule has 2 aliphatic rings. The van der Waals surface area contributed by atoms with Gasteiger partial charge in [-0.25, -0.2) is 0 Å². The van der Waals surface area contributed by atoms with Gasteiger partial charge in [0.25, 0.3) is 5.91 Å². The Bertz CT molecular complexity index is 512. The van der Waals surface area contributed by atoms with Crippen molar-refractivity contribution in [1.29, 1.82) is 0 Å². The van der Waals surface area contributed by atoms with Crippen LogP contribution >= 0.6 is 0 Å². The Morgan fingerprint density at radius 1 is 1.43 bits per heavy atom. The zero-order valence-corrected chi connectivity index (χ0v) is 13.3. The topological polar surface area (TPSA) is 50.2 Å². The Labute approximate surface area is 126 Å². The summed E-state index contributed by atoms with van der Waals surface area (Å²) in [4.78, 5) is 15.1. The van der Waals surface area contributed by atoms with Gasteiger partial charge in [-0.2, -0.15) is 5.10 Å². The predicted molar refractivity (Wildman–Crippen MR) is 82.2 cm³/mol. The number of hydrogen-bond acceptors (Lipinski definition) is 3. The number of piperidine rings is 1. The molecule has 5 heteroatoms. The number of carbonyl (C=O) groups is 1. The lowest BCUT2D eigenvalue weighted by molar-refractivity contribution is 0.0616. The van der Waals surface area contributed by atoms with Gasteiger partial charge < -0.3 is 10.2 Å². The van der Waals surface area contributed by atoms with Crippen molar-refractivity contribution in [3.05, 3.63) is 17.5 Å². The molecule has 0 radical (unpaired) electrons. The minimum Gasteiger partial charge on any atom is -0.335 e. The molecule has 0 saturated carbocycles. The lowest BCUT2D eigenvalue weighted by Crippen LogP contribution is -2.50. The molecule has 1 amide bonds. The third-order valence-corrected chi connectivity index (χ3v) is 4.86. The summed E-state index contributed by atoms with van der Waals surface area (Å²) in [5.41, 5.74) is 1.59. The monoisotopic (exact) mass is 290 g/mol. The fraction of sp³-hybridized carbons (Fsp3) is 0.750. The Balaban J connectivity index is 1.80. The molecule has 2 bridgehead atoms. The van der Waals surface area contributed by atoms with Gasteiger partial charge in [0.2, 0.25) is 0 Å². The van der Waals surface area contributed by atoms with Crippen molar-refractivity contribution < 1.29 is 4.79 Å². The first-order valence-electron chi connectivity index (χ1n) is 8.15. The fourth-order valence-corrected chi connectivity index (χ4v) is 3.94. The summed E-state index contributed by atoms with van der Waals surface area (Å²) in [6, 6.07) is 1.60. The lowest BCUT2D eigenvalue weighted by Gasteiger charge is -2.37. The zero-order chi connectivity index (χ0) is 15.0. The molecule has 21 heavy (non-hydrogen) atoms. The molecular formula is C16H26N4O. The van der Waals surface area contributed by atoms with Crippen molar-refractivity contribution in [3.63, 3.8) is 0 Å². The molecule has 1 N–H and O–H groups in total. The minimum absolute atomic E-state index is 0.161. The Hall–Kier alpha value is -1.36. The predicted octanol–water partition coefficient (Wildman–Crippen LogP) is 1.86. The molecule has 2 unspecified atom stereocenters. The summed E-state index contributed by atoms with van der Waals surface area (Å²) in [6.45, 7) is 4.91. The van der Waals surface area contributed by atoms with Crippen LogP contribution in [-0.4, -0.2) is 45.3 Å². The van der Waals surface area contributed by atoms with Crippen LogP contribution in [0.1, 0.15) is 55.1 Å².